The number of rotatable bonds is 3. The van der Waals surface area contributed by atoms with Crippen LogP contribution < -0.4 is 0 Å². The van der Waals surface area contributed by atoms with E-state index in [2.05, 4.69) is 4.90 Å². The lowest BCUT2D eigenvalue weighted by Gasteiger charge is -2.50. The molecule has 0 bridgehead atoms. The molecule has 2 aliphatic heterocycles. The van der Waals surface area contributed by atoms with E-state index in [4.69, 9.17) is 4.74 Å². The van der Waals surface area contributed by atoms with E-state index in [0.717, 1.165) is 32.1 Å². The molecule has 1 aromatic rings. The van der Waals surface area contributed by atoms with Crippen molar-refractivity contribution < 1.29 is 14.3 Å². The van der Waals surface area contributed by atoms with Gasteiger partial charge in [0.2, 0.25) is 0 Å². The van der Waals surface area contributed by atoms with Crippen LogP contribution in [0, 0.1) is 5.92 Å². The number of allylic oxidation sites excluding steroid dienone is 1. The fourth-order valence-corrected chi connectivity index (χ4v) is 4.82. The SMILES string of the molecule is O=C(OC[C@@H]1CCC23CCCCC2C(=O)C=CN13)c1ccccc1. The molecule has 1 aliphatic carbocycles. The Labute approximate surface area is 142 Å². The van der Waals surface area contributed by atoms with Crippen LogP contribution in [0.3, 0.4) is 0 Å². The van der Waals surface area contributed by atoms with Crippen LogP contribution in [0.2, 0.25) is 0 Å². The maximum Gasteiger partial charge on any atom is 0.338 e. The largest absolute Gasteiger partial charge is 0.460 e. The van der Waals surface area contributed by atoms with Crippen LogP contribution in [0.4, 0.5) is 0 Å². The summed E-state index contributed by atoms with van der Waals surface area (Å²) >= 11 is 0. The van der Waals surface area contributed by atoms with Gasteiger partial charge in [0.1, 0.15) is 6.61 Å². The fourth-order valence-electron chi connectivity index (χ4n) is 4.82. The molecule has 24 heavy (non-hydrogen) atoms. The summed E-state index contributed by atoms with van der Waals surface area (Å²) in [6.07, 6.45) is 10.1. The van der Waals surface area contributed by atoms with Crippen molar-refractivity contribution in [2.75, 3.05) is 6.61 Å². The van der Waals surface area contributed by atoms with Crippen molar-refractivity contribution in [1.29, 1.82) is 0 Å². The van der Waals surface area contributed by atoms with E-state index in [9.17, 15) is 9.59 Å². The van der Waals surface area contributed by atoms with Gasteiger partial charge in [-0.25, -0.2) is 4.79 Å². The predicted molar refractivity (Wildman–Crippen MR) is 90.4 cm³/mol. The van der Waals surface area contributed by atoms with Gasteiger partial charge in [-0.1, -0.05) is 31.0 Å². The number of hydrogen-bond acceptors (Lipinski definition) is 4. The van der Waals surface area contributed by atoms with E-state index in [1.807, 2.05) is 24.4 Å². The summed E-state index contributed by atoms with van der Waals surface area (Å²) < 4.78 is 5.56. The second-order valence-electron chi connectivity index (χ2n) is 7.18. The molecule has 4 rings (SSSR count). The molecule has 0 amide bonds. The topological polar surface area (TPSA) is 46.6 Å². The van der Waals surface area contributed by atoms with Gasteiger partial charge in [0.15, 0.2) is 5.78 Å². The molecule has 1 spiro atoms. The van der Waals surface area contributed by atoms with Crippen LogP contribution in [0.1, 0.15) is 48.9 Å². The maximum atomic E-state index is 12.3. The molecule has 0 N–H and O–H groups in total. The molecular formula is C20H23NO3. The summed E-state index contributed by atoms with van der Waals surface area (Å²) in [7, 11) is 0. The highest BCUT2D eigenvalue weighted by Crippen LogP contribution is 2.50. The Kier molecular flexibility index (Phi) is 3.91. The smallest absolute Gasteiger partial charge is 0.338 e. The fraction of sp³-hybridized carbons (Fsp3) is 0.500. The second-order valence-corrected chi connectivity index (χ2v) is 7.18. The Hall–Kier alpha value is -2.10. The number of carbonyl (C=O) groups excluding carboxylic acids is 2. The molecule has 2 heterocycles. The summed E-state index contributed by atoms with van der Waals surface area (Å²) in [6.45, 7) is 0.390. The summed E-state index contributed by atoms with van der Waals surface area (Å²) in [5.74, 6) is 0.146. The third kappa shape index (κ3) is 2.45. The highest BCUT2D eigenvalue weighted by atomic mass is 16.5. The zero-order valence-corrected chi connectivity index (χ0v) is 13.8. The number of carbonyl (C=O) groups is 2. The van der Waals surface area contributed by atoms with Gasteiger partial charge < -0.3 is 9.64 Å². The Morgan fingerprint density at radius 3 is 2.83 bits per heavy atom. The van der Waals surface area contributed by atoms with Crippen molar-refractivity contribution in [1.82, 2.24) is 4.90 Å². The number of nitrogens with zero attached hydrogens (tertiary/aromatic N) is 1. The molecule has 2 fully saturated rings. The normalized spacial score (nSPS) is 31.5. The average molecular weight is 325 g/mol. The van der Waals surface area contributed by atoms with E-state index in [1.165, 1.54) is 6.42 Å². The Bertz CT molecular complexity index is 669. The zero-order valence-electron chi connectivity index (χ0n) is 13.8. The quantitative estimate of drug-likeness (QED) is 0.800. The van der Waals surface area contributed by atoms with E-state index >= 15 is 0 Å². The molecular weight excluding hydrogens is 302 g/mol. The molecule has 1 aromatic carbocycles. The molecule has 2 unspecified atom stereocenters. The van der Waals surface area contributed by atoms with Gasteiger partial charge in [-0.05, 0) is 43.9 Å². The van der Waals surface area contributed by atoms with Crippen molar-refractivity contribution in [2.45, 2.75) is 50.1 Å². The third-order valence-corrected chi connectivity index (χ3v) is 5.98. The molecule has 3 aliphatic rings. The summed E-state index contributed by atoms with van der Waals surface area (Å²) in [5, 5.41) is 0. The van der Waals surface area contributed by atoms with E-state index in [-0.39, 0.29) is 29.3 Å². The number of esters is 1. The maximum absolute atomic E-state index is 12.3. The lowest BCUT2D eigenvalue weighted by Crippen LogP contribution is -2.56. The zero-order chi connectivity index (χ0) is 16.6. The van der Waals surface area contributed by atoms with Gasteiger partial charge in [-0.3, -0.25) is 4.79 Å². The predicted octanol–water partition coefficient (Wildman–Crippen LogP) is 3.33. The third-order valence-electron chi connectivity index (χ3n) is 5.98. The molecule has 0 aromatic heterocycles. The Balaban J connectivity index is 1.47. The lowest BCUT2D eigenvalue weighted by atomic mass is 9.68. The number of ketones is 1. The minimum Gasteiger partial charge on any atom is -0.460 e. The van der Waals surface area contributed by atoms with Crippen LogP contribution in [-0.2, 0) is 9.53 Å². The van der Waals surface area contributed by atoms with E-state index in [1.54, 1.807) is 18.2 Å². The average Bonchev–Trinajstić information content (AvgIpc) is 2.98. The standard InChI is InChI=1S/C20H23NO3/c22-18-10-13-21-16(9-12-20(21)11-5-4-8-17(18)20)14-24-19(23)15-6-2-1-3-7-15/h1-3,6-7,10,13,16-17H,4-5,8-9,11-12,14H2/t16-,17?,20?/m0/s1. The van der Waals surface area contributed by atoms with Crippen molar-refractivity contribution in [3.63, 3.8) is 0 Å². The first-order chi connectivity index (χ1) is 11.7. The highest BCUT2D eigenvalue weighted by Gasteiger charge is 2.54. The molecule has 4 heteroatoms. The first kappa shape index (κ1) is 15.4. The Morgan fingerprint density at radius 1 is 1.17 bits per heavy atom. The van der Waals surface area contributed by atoms with Crippen LogP contribution in [-0.4, -0.2) is 34.8 Å². The number of hydrogen-bond donors (Lipinski definition) is 0. The van der Waals surface area contributed by atoms with Crippen molar-refractivity contribution in [3.05, 3.63) is 48.2 Å². The monoisotopic (exact) mass is 325 g/mol. The highest BCUT2D eigenvalue weighted by molar-refractivity contribution is 5.94. The first-order valence-corrected chi connectivity index (χ1v) is 8.93. The molecule has 1 saturated carbocycles. The van der Waals surface area contributed by atoms with Gasteiger partial charge in [-0.15, -0.1) is 0 Å². The van der Waals surface area contributed by atoms with Crippen molar-refractivity contribution in [2.24, 2.45) is 5.92 Å². The van der Waals surface area contributed by atoms with Crippen LogP contribution >= 0.6 is 0 Å². The molecule has 3 atom stereocenters. The van der Waals surface area contributed by atoms with Gasteiger partial charge in [0, 0.05) is 12.1 Å². The summed E-state index contributed by atoms with van der Waals surface area (Å²) in [6, 6.07) is 9.29. The van der Waals surface area contributed by atoms with Crippen LogP contribution in [0.5, 0.6) is 0 Å². The summed E-state index contributed by atoms with van der Waals surface area (Å²) in [4.78, 5) is 26.9. The summed E-state index contributed by atoms with van der Waals surface area (Å²) in [5.41, 5.74) is 0.568. The van der Waals surface area contributed by atoms with Gasteiger partial charge in [-0.2, -0.15) is 0 Å². The van der Waals surface area contributed by atoms with E-state index in [0.29, 0.717) is 12.2 Å². The van der Waals surface area contributed by atoms with Crippen LogP contribution in [0.15, 0.2) is 42.6 Å². The minimum absolute atomic E-state index is 0.0199. The van der Waals surface area contributed by atoms with Gasteiger partial charge in [0.25, 0.3) is 0 Å². The molecule has 126 valence electrons. The van der Waals surface area contributed by atoms with Crippen molar-refractivity contribution >= 4 is 11.8 Å². The lowest BCUT2D eigenvalue weighted by molar-refractivity contribution is -0.126. The Morgan fingerprint density at radius 2 is 2.00 bits per heavy atom. The molecule has 1 saturated heterocycles. The number of benzene rings is 1. The first-order valence-electron chi connectivity index (χ1n) is 8.93. The second kappa shape index (κ2) is 6.08. The van der Waals surface area contributed by atoms with Gasteiger partial charge in [0.05, 0.1) is 17.1 Å². The van der Waals surface area contributed by atoms with E-state index < -0.39 is 0 Å². The number of ether oxygens (including phenoxy) is 1. The molecule has 4 nitrogen and oxygen atoms in total. The minimum atomic E-state index is -0.270. The van der Waals surface area contributed by atoms with Crippen LogP contribution in [0.25, 0.3) is 0 Å². The van der Waals surface area contributed by atoms with Gasteiger partial charge >= 0.3 is 5.97 Å². The van der Waals surface area contributed by atoms with Crippen molar-refractivity contribution in [3.8, 4) is 0 Å². The molecule has 0 radical (unpaired) electrons.